The number of nitrogens with zero attached hydrogens (tertiary/aromatic N) is 1. The van der Waals surface area contributed by atoms with Gasteiger partial charge in [0.2, 0.25) is 0 Å². The molecule has 1 aromatic rings. The summed E-state index contributed by atoms with van der Waals surface area (Å²) < 4.78 is 38.7. The van der Waals surface area contributed by atoms with Gasteiger partial charge in [-0.15, -0.1) is 0 Å². The molecule has 0 atom stereocenters. The number of nitrogen functional groups attached to an aromatic ring is 1. The third-order valence-corrected chi connectivity index (χ3v) is 2.61. The molecule has 3 nitrogen and oxygen atoms in total. The van der Waals surface area contributed by atoms with Gasteiger partial charge in [-0.1, -0.05) is 0 Å². The van der Waals surface area contributed by atoms with Gasteiger partial charge in [-0.25, -0.2) is 4.98 Å². The van der Waals surface area contributed by atoms with Crippen LogP contribution in [0.1, 0.15) is 29.9 Å². The second-order valence-corrected chi connectivity index (χ2v) is 3.88. The smallest absolute Gasteiger partial charge is 0.384 e. The van der Waals surface area contributed by atoms with Gasteiger partial charge in [-0.3, -0.25) is 0 Å². The van der Waals surface area contributed by atoms with Crippen LogP contribution in [0.4, 0.5) is 24.8 Å². The lowest BCUT2D eigenvalue weighted by Crippen LogP contribution is -2.14. The number of nitrogens with one attached hydrogen (secondary N) is 1. The van der Waals surface area contributed by atoms with Crippen LogP contribution in [0.15, 0.2) is 6.07 Å². The lowest BCUT2D eigenvalue weighted by Gasteiger charge is -2.16. The number of hydrogen-bond acceptors (Lipinski definition) is 3. The van der Waals surface area contributed by atoms with Crippen LogP contribution in [0.3, 0.4) is 0 Å². The number of pyridine rings is 1. The fraction of sp³-hybridized carbons (Fsp3) is 0.500. The zero-order valence-electron chi connectivity index (χ0n) is 8.73. The van der Waals surface area contributed by atoms with Crippen LogP contribution in [0.2, 0.25) is 0 Å². The molecule has 1 aliphatic carbocycles. The zero-order chi connectivity index (χ0) is 11.9. The summed E-state index contributed by atoms with van der Waals surface area (Å²) in [5, 5.41) is 2.45. The number of nitrogens with two attached hydrogens (primary N) is 1. The summed E-state index contributed by atoms with van der Waals surface area (Å²) in [6.07, 6.45) is -2.82. The molecule has 1 heterocycles. The topological polar surface area (TPSA) is 50.9 Å². The summed E-state index contributed by atoms with van der Waals surface area (Å²) in [5.74, 6) is -0.0809. The molecule has 1 aromatic heterocycles. The van der Waals surface area contributed by atoms with Gasteiger partial charge in [-0.05, 0) is 30.4 Å². The summed E-state index contributed by atoms with van der Waals surface area (Å²) >= 11 is 0. The summed E-state index contributed by atoms with van der Waals surface area (Å²) in [6, 6.07) is 1.33. The predicted octanol–water partition coefficient (Wildman–Crippen LogP) is 2.60. The number of aromatic nitrogens is 1. The van der Waals surface area contributed by atoms with Crippen LogP contribution >= 0.6 is 0 Å². The Kier molecular flexibility index (Phi) is 2.44. The van der Waals surface area contributed by atoms with Gasteiger partial charge in [-0.2, -0.15) is 13.2 Å². The van der Waals surface area contributed by atoms with Crippen molar-refractivity contribution in [3.05, 3.63) is 17.2 Å². The van der Waals surface area contributed by atoms with E-state index in [0.29, 0.717) is 0 Å². The molecule has 0 saturated heterocycles. The third-order valence-electron chi connectivity index (χ3n) is 2.61. The Balaban J connectivity index is 2.60. The molecule has 0 spiro atoms. The second kappa shape index (κ2) is 3.54. The van der Waals surface area contributed by atoms with Gasteiger partial charge in [0, 0.05) is 7.05 Å². The minimum atomic E-state index is -4.39. The van der Waals surface area contributed by atoms with Crippen LogP contribution in [0.25, 0.3) is 0 Å². The van der Waals surface area contributed by atoms with Crippen molar-refractivity contribution in [2.75, 3.05) is 18.1 Å². The van der Waals surface area contributed by atoms with E-state index in [9.17, 15) is 13.2 Å². The molecule has 16 heavy (non-hydrogen) atoms. The van der Waals surface area contributed by atoms with Crippen molar-refractivity contribution in [2.24, 2.45) is 0 Å². The predicted molar refractivity (Wildman–Crippen MR) is 55.2 cm³/mol. The van der Waals surface area contributed by atoms with E-state index >= 15 is 0 Å². The monoisotopic (exact) mass is 231 g/mol. The van der Waals surface area contributed by atoms with Crippen molar-refractivity contribution in [1.29, 1.82) is 0 Å². The molecule has 1 fully saturated rings. The van der Waals surface area contributed by atoms with Gasteiger partial charge < -0.3 is 11.1 Å². The first-order valence-corrected chi connectivity index (χ1v) is 4.99. The van der Waals surface area contributed by atoms with Crippen LogP contribution < -0.4 is 11.1 Å². The average Bonchev–Trinajstić information content (AvgIpc) is 2.97. The molecule has 1 saturated carbocycles. The molecule has 0 radical (unpaired) electrons. The molecule has 88 valence electrons. The molecule has 0 unspecified atom stereocenters. The molecule has 3 N–H and O–H groups in total. The summed E-state index contributed by atoms with van der Waals surface area (Å²) in [6.45, 7) is 0. The fourth-order valence-corrected chi connectivity index (χ4v) is 1.78. The highest BCUT2D eigenvalue weighted by atomic mass is 19.4. The first-order valence-electron chi connectivity index (χ1n) is 4.99. The van der Waals surface area contributed by atoms with Gasteiger partial charge in [0.1, 0.15) is 17.2 Å². The average molecular weight is 231 g/mol. The molecule has 2 rings (SSSR count). The maximum absolute atomic E-state index is 12.9. The molecular weight excluding hydrogens is 219 g/mol. The number of alkyl halides is 3. The lowest BCUT2D eigenvalue weighted by molar-refractivity contribution is -0.137. The Morgan fingerprint density at radius 3 is 2.50 bits per heavy atom. The molecule has 0 aliphatic heterocycles. The largest absolute Gasteiger partial charge is 0.420 e. The first kappa shape index (κ1) is 11.0. The maximum Gasteiger partial charge on any atom is 0.420 e. The Morgan fingerprint density at radius 2 is 2.06 bits per heavy atom. The minimum absolute atomic E-state index is 0.0194. The van der Waals surface area contributed by atoms with E-state index < -0.39 is 11.7 Å². The minimum Gasteiger partial charge on any atom is -0.384 e. The van der Waals surface area contributed by atoms with E-state index in [4.69, 9.17) is 5.73 Å². The maximum atomic E-state index is 12.9. The van der Waals surface area contributed by atoms with Crippen LogP contribution in [-0.2, 0) is 6.18 Å². The van der Waals surface area contributed by atoms with E-state index in [1.807, 2.05) is 0 Å². The number of rotatable bonds is 2. The first-order chi connectivity index (χ1) is 7.43. The van der Waals surface area contributed by atoms with Crippen molar-refractivity contribution in [2.45, 2.75) is 24.9 Å². The van der Waals surface area contributed by atoms with Crippen molar-refractivity contribution in [3.8, 4) is 0 Å². The SMILES string of the molecule is CNc1nc(N)cc(C2CC2)c1C(F)(F)F. The highest BCUT2D eigenvalue weighted by Gasteiger charge is 2.41. The number of halogens is 3. The van der Waals surface area contributed by atoms with E-state index in [2.05, 4.69) is 10.3 Å². The van der Waals surface area contributed by atoms with Crippen molar-refractivity contribution in [1.82, 2.24) is 4.98 Å². The van der Waals surface area contributed by atoms with Crippen molar-refractivity contribution < 1.29 is 13.2 Å². The molecular formula is C10H12F3N3. The summed E-state index contributed by atoms with van der Waals surface area (Å²) in [4.78, 5) is 3.68. The highest BCUT2D eigenvalue weighted by molar-refractivity contribution is 5.57. The van der Waals surface area contributed by atoms with Gasteiger partial charge in [0.25, 0.3) is 0 Å². The number of hydrogen-bond donors (Lipinski definition) is 2. The number of anilines is 2. The Labute approximate surface area is 90.9 Å². The Bertz CT molecular complexity index is 411. The Hall–Kier alpha value is -1.46. The second-order valence-electron chi connectivity index (χ2n) is 3.88. The standard InChI is InChI=1S/C10H12F3N3/c1-15-9-8(10(11,12)13)6(5-2-3-5)4-7(14)16-9/h4-5H,2-3H2,1H3,(H3,14,15,16). The van der Waals surface area contributed by atoms with Crippen LogP contribution in [0, 0.1) is 0 Å². The van der Waals surface area contributed by atoms with Crippen molar-refractivity contribution >= 4 is 11.6 Å². The Morgan fingerprint density at radius 1 is 1.44 bits per heavy atom. The van der Waals surface area contributed by atoms with E-state index in [1.165, 1.54) is 13.1 Å². The summed E-state index contributed by atoms with van der Waals surface area (Å²) in [7, 11) is 1.41. The van der Waals surface area contributed by atoms with Gasteiger partial charge >= 0.3 is 6.18 Å². The molecule has 0 amide bonds. The normalized spacial score (nSPS) is 16.2. The van der Waals surface area contributed by atoms with E-state index in [0.717, 1.165) is 12.8 Å². The van der Waals surface area contributed by atoms with Crippen molar-refractivity contribution in [3.63, 3.8) is 0 Å². The lowest BCUT2D eigenvalue weighted by atomic mass is 10.0. The highest BCUT2D eigenvalue weighted by Crippen LogP contribution is 2.48. The molecule has 1 aliphatic rings. The zero-order valence-corrected chi connectivity index (χ0v) is 8.73. The third kappa shape index (κ3) is 1.91. The van der Waals surface area contributed by atoms with Gasteiger partial charge in [0.05, 0.1) is 0 Å². The van der Waals surface area contributed by atoms with Crippen LogP contribution in [-0.4, -0.2) is 12.0 Å². The molecule has 6 heteroatoms. The van der Waals surface area contributed by atoms with E-state index in [1.54, 1.807) is 0 Å². The quantitative estimate of drug-likeness (QED) is 0.822. The van der Waals surface area contributed by atoms with Gasteiger partial charge in [0.15, 0.2) is 0 Å². The van der Waals surface area contributed by atoms with E-state index in [-0.39, 0.29) is 23.1 Å². The molecule has 0 aromatic carbocycles. The molecule has 0 bridgehead atoms. The van der Waals surface area contributed by atoms with Crippen LogP contribution in [0.5, 0.6) is 0 Å². The summed E-state index contributed by atoms with van der Waals surface area (Å²) in [5.41, 5.74) is 5.09. The fourth-order valence-electron chi connectivity index (χ4n) is 1.78.